The Labute approximate surface area is 117 Å². The van der Waals surface area contributed by atoms with Crippen molar-refractivity contribution in [2.75, 3.05) is 0 Å². The molecule has 0 bridgehead atoms. The highest BCUT2D eigenvalue weighted by Crippen LogP contribution is 2.30. The van der Waals surface area contributed by atoms with Crippen LogP contribution >= 0.6 is 0 Å². The molecule has 0 saturated heterocycles. The van der Waals surface area contributed by atoms with E-state index in [1.165, 1.54) is 24.8 Å². The molecule has 0 aliphatic heterocycles. The van der Waals surface area contributed by atoms with Crippen LogP contribution < -0.4 is 10.5 Å². The molecule has 2 nitrogen and oxygen atoms in total. The van der Waals surface area contributed by atoms with Crippen LogP contribution in [0.1, 0.15) is 51.5 Å². The van der Waals surface area contributed by atoms with Gasteiger partial charge in [0.15, 0.2) is 0 Å². The highest BCUT2D eigenvalue weighted by molar-refractivity contribution is 5.27. The SMILES string of the molecule is CCCC1CCC(N)C(Oc2ccc(CC)cc2)C1. The number of aryl methyl sites for hydroxylation is 1. The van der Waals surface area contributed by atoms with Gasteiger partial charge in [-0.25, -0.2) is 0 Å². The van der Waals surface area contributed by atoms with Gasteiger partial charge in [-0.05, 0) is 49.3 Å². The lowest BCUT2D eigenvalue weighted by atomic mass is 9.82. The Morgan fingerprint density at radius 3 is 2.53 bits per heavy atom. The van der Waals surface area contributed by atoms with Gasteiger partial charge >= 0.3 is 0 Å². The second kappa shape index (κ2) is 6.95. The number of nitrogens with two attached hydrogens (primary N) is 1. The maximum Gasteiger partial charge on any atom is 0.119 e. The molecule has 1 fully saturated rings. The zero-order chi connectivity index (χ0) is 13.7. The van der Waals surface area contributed by atoms with Gasteiger partial charge in [-0.2, -0.15) is 0 Å². The van der Waals surface area contributed by atoms with E-state index in [4.69, 9.17) is 10.5 Å². The minimum atomic E-state index is 0.192. The Kier molecular flexibility index (Phi) is 5.26. The first-order chi connectivity index (χ1) is 9.22. The second-order valence-electron chi connectivity index (χ2n) is 5.79. The highest BCUT2D eigenvalue weighted by Gasteiger charge is 2.29. The third kappa shape index (κ3) is 3.97. The van der Waals surface area contributed by atoms with Gasteiger partial charge in [0.1, 0.15) is 11.9 Å². The molecule has 1 aromatic carbocycles. The first-order valence-corrected chi connectivity index (χ1v) is 7.74. The maximum absolute atomic E-state index is 6.22. The highest BCUT2D eigenvalue weighted by atomic mass is 16.5. The van der Waals surface area contributed by atoms with E-state index in [9.17, 15) is 0 Å². The smallest absolute Gasteiger partial charge is 0.119 e. The number of ether oxygens (including phenoxy) is 1. The molecule has 2 heteroatoms. The Morgan fingerprint density at radius 2 is 1.89 bits per heavy atom. The Bertz CT molecular complexity index is 373. The summed E-state index contributed by atoms with van der Waals surface area (Å²) in [6.07, 6.45) is 7.31. The van der Waals surface area contributed by atoms with Crippen LogP contribution in [0.5, 0.6) is 5.75 Å². The number of rotatable bonds is 5. The Morgan fingerprint density at radius 1 is 1.16 bits per heavy atom. The van der Waals surface area contributed by atoms with Crippen LogP contribution in [0.15, 0.2) is 24.3 Å². The van der Waals surface area contributed by atoms with Gasteiger partial charge in [0.05, 0.1) is 0 Å². The summed E-state index contributed by atoms with van der Waals surface area (Å²) in [6, 6.07) is 8.64. The summed E-state index contributed by atoms with van der Waals surface area (Å²) in [7, 11) is 0. The van der Waals surface area contributed by atoms with Crippen LogP contribution in [0.3, 0.4) is 0 Å². The number of hydrogen-bond acceptors (Lipinski definition) is 2. The molecular weight excluding hydrogens is 234 g/mol. The third-order valence-electron chi connectivity index (χ3n) is 4.27. The fourth-order valence-electron chi connectivity index (χ4n) is 3.02. The van der Waals surface area contributed by atoms with Gasteiger partial charge in [0.25, 0.3) is 0 Å². The minimum absolute atomic E-state index is 0.192. The predicted molar refractivity (Wildman–Crippen MR) is 80.5 cm³/mol. The molecule has 2 rings (SSSR count). The Balaban J connectivity index is 1.95. The van der Waals surface area contributed by atoms with Crippen LogP contribution in [0.4, 0.5) is 0 Å². The molecule has 0 radical (unpaired) electrons. The van der Waals surface area contributed by atoms with Crippen LogP contribution in [-0.4, -0.2) is 12.1 Å². The largest absolute Gasteiger partial charge is 0.489 e. The zero-order valence-corrected chi connectivity index (χ0v) is 12.3. The molecule has 1 aliphatic rings. The van der Waals surface area contributed by atoms with E-state index in [1.54, 1.807) is 0 Å². The maximum atomic E-state index is 6.22. The zero-order valence-electron chi connectivity index (χ0n) is 12.3. The normalized spacial score (nSPS) is 27.2. The van der Waals surface area contributed by atoms with Crippen molar-refractivity contribution in [2.24, 2.45) is 11.7 Å². The summed E-state index contributed by atoms with van der Waals surface area (Å²) in [5.74, 6) is 1.76. The van der Waals surface area contributed by atoms with Crippen LogP contribution in [0, 0.1) is 5.92 Å². The summed E-state index contributed by atoms with van der Waals surface area (Å²) in [6.45, 7) is 4.43. The standard InChI is InChI=1S/C17H27NO/c1-3-5-14-8-11-16(18)17(12-14)19-15-9-6-13(4-2)7-10-15/h6-7,9-10,14,16-17H,3-5,8,11-12,18H2,1-2H3. The molecule has 3 unspecified atom stereocenters. The molecule has 2 N–H and O–H groups in total. The molecule has 1 aromatic rings. The molecule has 0 aromatic heterocycles. The second-order valence-corrected chi connectivity index (χ2v) is 5.79. The summed E-state index contributed by atoms with van der Waals surface area (Å²) in [5.41, 5.74) is 7.57. The van der Waals surface area contributed by atoms with Crippen molar-refractivity contribution in [3.05, 3.63) is 29.8 Å². The molecule has 1 saturated carbocycles. The molecule has 1 aliphatic carbocycles. The summed E-state index contributed by atoms with van der Waals surface area (Å²) in [5, 5.41) is 0. The molecule has 19 heavy (non-hydrogen) atoms. The van der Waals surface area contributed by atoms with Crippen molar-refractivity contribution in [3.8, 4) is 5.75 Å². The fourth-order valence-corrected chi connectivity index (χ4v) is 3.02. The summed E-state index contributed by atoms with van der Waals surface area (Å²) < 4.78 is 6.12. The predicted octanol–water partition coefficient (Wildman–Crippen LogP) is 3.92. The van der Waals surface area contributed by atoms with Crippen molar-refractivity contribution in [1.82, 2.24) is 0 Å². The molecule has 0 amide bonds. The molecular formula is C17H27NO. The summed E-state index contributed by atoms with van der Waals surface area (Å²) >= 11 is 0. The average Bonchev–Trinajstić information content (AvgIpc) is 2.44. The van der Waals surface area contributed by atoms with Crippen molar-refractivity contribution in [2.45, 2.75) is 64.5 Å². The Hall–Kier alpha value is -1.02. The van der Waals surface area contributed by atoms with Gasteiger partial charge < -0.3 is 10.5 Å². The molecule has 3 atom stereocenters. The molecule has 0 spiro atoms. The van der Waals surface area contributed by atoms with E-state index in [1.807, 2.05) is 0 Å². The van der Waals surface area contributed by atoms with Gasteiger partial charge in [-0.15, -0.1) is 0 Å². The van der Waals surface area contributed by atoms with Crippen molar-refractivity contribution in [1.29, 1.82) is 0 Å². The minimum Gasteiger partial charge on any atom is -0.489 e. The van der Waals surface area contributed by atoms with Crippen LogP contribution in [0.25, 0.3) is 0 Å². The van der Waals surface area contributed by atoms with Crippen LogP contribution in [-0.2, 0) is 6.42 Å². The summed E-state index contributed by atoms with van der Waals surface area (Å²) in [4.78, 5) is 0. The van der Waals surface area contributed by atoms with Crippen molar-refractivity contribution < 1.29 is 4.74 Å². The third-order valence-corrected chi connectivity index (χ3v) is 4.27. The number of hydrogen-bond donors (Lipinski definition) is 1. The monoisotopic (exact) mass is 261 g/mol. The van der Waals surface area contributed by atoms with E-state index in [-0.39, 0.29) is 12.1 Å². The van der Waals surface area contributed by atoms with E-state index in [0.29, 0.717) is 0 Å². The van der Waals surface area contributed by atoms with Gasteiger partial charge in [-0.3, -0.25) is 0 Å². The lowest BCUT2D eigenvalue weighted by Gasteiger charge is -2.34. The van der Waals surface area contributed by atoms with Crippen molar-refractivity contribution in [3.63, 3.8) is 0 Å². The van der Waals surface area contributed by atoms with Crippen LogP contribution in [0.2, 0.25) is 0 Å². The lowest BCUT2D eigenvalue weighted by molar-refractivity contribution is 0.0993. The van der Waals surface area contributed by atoms with Gasteiger partial charge in [0, 0.05) is 6.04 Å². The van der Waals surface area contributed by atoms with Crippen molar-refractivity contribution >= 4 is 0 Å². The fraction of sp³-hybridized carbons (Fsp3) is 0.647. The molecule has 0 heterocycles. The lowest BCUT2D eigenvalue weighted by Crippen LogP contribution is -2.43. The topological polar surface area (TPSA) is 35.2 Å². The van der Waals surface area contributed by atoms with Gasteiger partial charge in [-0.1, -0.05) is 38.8 Å². The van der Waals surface area contributed by atoms with E-state index >= 15 is 0 Å². The van der Waals surface area contributed by atoms with E-state index < -0.39 is 0 Å². The molecule has 106 valence electrons. The average molecular weight is 261 g/mol. The van der Waals surface area contributed by atoms with E-state index in [2.05, 4.69) is 38.1 Å². The first-order valence-electron chi connectivity index (χ1n) is 7.74. The number of benzene rings is 1. The first kappa shape index (κ1) is 14.4. The quantitative estimate of drug-likeness (QED) is 0.871. The van der Waals surface area contributed by atoms with E-state index in [0.717, 1.165) is 30.9 Å². The van der Waals surface area contributed by atoms with Gasteiger partial charge in [0.2, 0.25) is 0 Å².